The minimum Gasteiger partial charge on any atom is -0.485 e. The summed E-state index contributed by atoms with van der Waals surface area (Å²) in [6.45, 7) is 0. The zero-order valence-corrected chi connectivity index (χ0v) is 9.62. The van der Waals surface area contributed by atoms with Crippen LogP contribution in [0.15, 0.2) is 17.3 Å². The largest absolute Gasteiger partial charge is 0.485 e. The van der Waals surface area contributed by atoms with Crippen LogP contribution in [-0.4, -0.2) is 26.6 Å². The van der Waals surface area contributed by atoms with Gasteiger partial charge in [-0.05, 0) is 18.9 Å². The maximum absolute atomic E-state index is 11.3. The molecule has 0 unspecified atom stereocenters. The number of rotatable bonds is 4. The molecular formula is C9H13N3O3S. The van der Waals surface area contributed by atoms with Gasteiger partial charge in [0.2, 0.25) is 5.03 Å². The molecule has 1 aromatic heterocycles. The number of primary sulfonamides is 1. The Bertz CT molecular complexity index is 497. The molecule has 0 spiro atoms. The lowest BCUT2D eigenvalue weighted by molar-refractivity contribution is 0.294. The van der Waals surface area contributed by atoms with Gasteiger partial charge in [-0.1, -0.05) is 0 Å². The third-order valence-electron chi connectivity index (χ3n) is 2.22. The fourth-order valence-corrected chi connectivity index (χ4v) is 1.92. The molecule has 3 N–H and O–H groups in total. The van der Waals surface area contributed by atoms with Crippen molar-refractivity contribution in [2.75, 3.05) is 12.4 Å². The van der Waals surface area contributed by atoms with Crippen LogP contribution >= 0.6 is 0 Å². The molecule has 6 nitrogen and oxygen atoms in total. The molecule has 88 valence electrons. The van der Waals surface area contributed by atoms with Crippen LogP contribution in [0.5, 0.6) is 5.75 Å². The zero-order valence-electron chi connectivity index (χ0n) is 8.80. The van der Waals surface area contributed by atoms with E-state index in [1.165, 1.54) is 6.20 Å². The number of sulfonamides is 1. The second-order valence-corrected chi connectivity index (χ2v) is 5.08. The molecule has 0 atom stereocenters. The highest BCUT2D eigenvalue weighted by Crippen LogP contribution is 2.35. The van der Waals surface area contributed by atoms with Crippen molar-refractivity contribution in [3.63, 3.8) is 0 Å². The highest BCUT2D eigenvalue weighted by molar-refractivity contribution is 7.89. The summed E-state index contributed by atoms with van der Waals surface area (Å²) < 4.78 is 28.2. The van der Waals surface area contributed by atoms with E-state index in [0.29, 0.717) is 5.69 Å². The van der Waals surface area contributed by atoms with E-state index in [-0.39, 0.29) is 16.9 Å². The topological polar surface area (TPSA) is 94.3 Å². The third kappa shape index (κ3) is 2.25. The average Bonchev–Trinajstić information content (AvgIpc) is 3.00. The van der Waals surface area contributed by atoms with E-state index in [9.17, 15) is 8.42 Å². The Hall–Kier alpha value is -1.34. The van der Waals surface area contributed by atoms with Gasteiger partial charge in [0.15, 0.2) is 5.75 Å². The minimum absolute atomic E-state index is 0.0804. The monoisotopic (exact) mass is 243 g/mol. The number of anilines is 1. The number of pyridine rings is 1. The Morgan fingerprint density at radius 3 is 2.75 bits per heavy atom. The fourth-order valence-electron chi connectivity index (χ4n) is 1.30. The van der Waals surface area contributed by atoms with Gasteiger partial charge in [-0.15, -0.1) is 0 Å². The van der Waals surface area contributed by atoms with Crippen LogP contribution in [0, 0.1) is 0 Å². The predicted molar refractivity (Wildman–Crippen MR) is 58.8 cm³/mol. The number of ether oxygens (including phenoxy) is 1. The Morgan fingerprint density at radius 2 is 2.25 bits per heavy atom. The lowest BCUT2D eigenvalue weighted by Gasteiger charge is -2.12. The van der Waals surface area contributed by atoms with Crippen LogP contribution in [0.4, 0.5) is 5.69 Å². The van der Waals surface area contributed by atoms with Crippen molar-refractivity contribution >= 4 is 15.7 Å². The van der Waals surface area contributed by atoms with Gasteiger partial charge in [-0.2, -0.15) is 0 Å². The molecule has 0 radical (unpaired) electrons. The number of aromatic nitrogens is 1. The van der Waals surface area contributed by atoms with Gasteiger partial charge in [-0.3, -0.25) is 0 Å². The van der Waals surface area contributed by atoms with Crippen LogP contribution in [0.1, 0.15) is 12.8 Å². The summed E-state index contributed by atoms with van der Waals surface area (Å²) in [4.78, 5) is 3.76. The Morgan fingerprint density at radius 1 is 1.56 bits per heavy atom. The van der Waals surface area contributed by atoms with Gasteiger partial charge in [0.1, 0.15) is 0 Å². The van der Waals surface area contributed by atoms with Crippen molar-refractivity contribution in [2.45, 2.75) is 24.0 Å². The number of nitrogens with zero attached hydrogens (tertiary/aromatic N) is 1. The standard InChI is InChI=1S/C9H13N3O3S/c1-11-7-4-5-12-9(16(10,13)14)8(7)15-6-2-3-6/h4-6H,2-3H2,1H3,(H,11,12)(H2,10,13,14). The molecule has 16 heavy (non-hydrogen) atoms. The molecule has 1 aliphatic rings. The summed E-state index contributed by atoms with van der Waals surface area (Å²) in [5.41, 5.74) is 0.575. The molecule has 7 heteroatoms. The first-order chi connectivity index (χ1) is 7.52. The van der Waals surface area contributed by atoms with Crippen LogP contribution in [0.3, 0.4) is 0 Å². The summed E-state index contributed by atoms with van der Waals surface area (Å²) >= 11 is 0. The summed E-state index contributed by atoms with van der Waals surface area (Å²) in [6, 6.07) is 1.65. The summed E-state index contributed by atoms with van der Waals surface area (Å²) in [5, 5.41) is 7.72. The molecule has 1 aromatic rings. The Labute approximate surface area is 93.9 Å². The second-order valence-electron chi connectivity index (χ2n) is 3.61. The second kappa shape index (κ2) is 3.91. The van der Waals surface area contributed by atoms with Crippen LogP contribution < -0.4 is 15.2 Å². The molecule has 1 saturated carbocycles. The lowest BCUT2D eigenvalue weighted by atomic mass is 10.4. The smallest absolute Gasteiger partial charge is 0.259 e. The Balaban J connectivity index is 2.49. The SMILES string of the molecule is CNc1ccnc(S(N)(=O)=O)c1OC1CC1. The van der Waals surface area contributed by atoms with Crippen molar-refractivity contribution in [3.05, 3.63) is 12.3 Å². The van der Waals surface area contributed by atoms with E-state index in [4.69, 9.17) is 9.88 Å². The quantitative estimate of drug-likeness (QED) is 0.793. The first-order valence-electron chi connectivity index (χ1n) is 4.88. The lowest BCUT2D eigenvalue weighted by Crippen LogP contribution is -2.17. The predicted octanol–water partition coefficient (Wildman–Crippen LogP) is 0.312. The molecule has 2 rings (SSSR count). The summed E-state index contributed by atoms with van der Waals surface area (Å²) in [7, 11) is -2.18. The maximum atomic E-state index is 11.3. The molecule has 0 amide bonds. The number of hydrogen-bond acceptors (Lipinski definition) is 5. The molecule has 0 aromatic carbocycles. The highest BCUT2D eigenvalue weighted by atomic mass is 32.2. The van der Waals surface area contributed by atoms with Crippen molar-refractivity contribution < 1.29 is 13.2 Å². The maximum Gasteiger partial charge on any atom is 0.259 e. The Kier molecular flexibility index (Phi) is 2.73. The van der Waals surface area contributed by atoms with E-state index in [1.54, 1.807) is 13.1 Å². The van der Waals surface area contributed by atoms with Gasteiger partial charge in [0.05, 0.1) is 11.8 Å². The first-order valence-corrected chi connectivity index (χ1v) is 6.43. The molecule has 1 aliphatic carbocycles. The molecule has 1 fully saturated rings. The molecule has 0 bridgehead atoms. The first kappa shape index (κ1) is 11.2. The van der Waals surface area contributed by atoms with Gasteiger partial charge in [0.25, 0.3) is 10.0 Å². The normalized spacial score (nSPS) is 15.9. The van der Waals surface area contributed by atoms with Crippen molar-refractivity contribution in [1.29, 1.82) is 0 Å². The van der Waals surface area contributed by atoms with Crippen molar-refractivity contribution in [1.82, 2.24) is 4.98 Å². The fraction of sp³-hybridized carbons (Fsp3) is 0.444. The van der Waals surface area contributed by atoms with Gasteiger partial charge >= 0.3 is 0 Å². The van der Waals surface area contributed by atoms with E-state index >= 15 is 0 Å². The molecule has 1 heterocycles. The summed E-state index contributed by atoms with van der Waals surface area (Å²) in [6.07, 6.45) is 3.33. The van der Waals surface area contributed by atoms with E-state index in [1.807, 2.05) is 0 Å². The molecule has 0 aliphatic heterocycles. The van der Waals surface area contributed by atoms with E-state index < -0.39 is 10.0 Å². The van der Waals surface area contributed by atoms with Crippen LogP contribution in [0.2, 0.25) is 0 Å². The zero-order chi connectivity index (χ0) is 11.8. The van der Waals surface area contributed by atoms with Crippen LogP contribution in [0.25, 0.3) is 0 Å². The van der Waals surface area contributed by atoms with Crippen molar-refractivity contribution in [2.24, 2.45) is 5.14 Å². The number of nitrogens with two attached hydrogens (primary N) is 1. The number of nitrogens with one attached hydrogen (secondary N) is 1. The molecule has 0 saturated heterocycles. The van der Waals surface area contributed by atoms with Gasteiger partial charge in [0, 0.05) is 13.2 Å². The average molecular weight is 243 g/mol. The van der Waals surface area contributed by atoms with E-state index in [2.05, 4.69) is 10.3 Å². The highest BCUT2D eigenvalue weighted by Gasteiger charge is 2.28. The third-order valence-corrected chi connectivity index (χ3v) is 3.05. The number of hydrogen-bond donors (Lipinski definition) is 2. The molecular weight excluding hydrogens is 230 g/mol. The van der Waals surface area contributed by atoms with Crippen LogP contribution in [-0.2, 0) is 10.0 Å². The van der Waals surface area contributed by atoms with Gasteiger partial charge < -0.3 is 10.1 Å². The van der Waals surface area contributed by atoms with E-state index in [0.717, 1.165) is 12.8 Å². The minimum atomic E-state index is -3.86. The van der Waals surface area contributed by atoms with Crippen molar-refractivity contribution in [3.8, 4) is 5.75 Å². The summed E-state index contributed by atoms with van der Waals surface area (Å²) in [5.74, 6) is 0.218. The van der Waals surface area contributed by atoms with Gasteiger partial charge in [-0.25, -0.2) is 18.5 Å².